The molecule has 1 fully saturated rings. The Morgan fingerprint density at radius 2 is 2.20 bits per heavy atom. The van der Waals surface area contributed by atoms with Crippen molar-refractivity contribution in [1.29, 1.82) is 0 Å². The summed E-state index contributed by atoms with van der Waals surface area (Å²) in [7, 11) is 1.61. The van der Waals surface area contributed by atoms with E-state index in [2.05, 4.69) is 6.92 Å². The van der Waals surface area contributed by atoms with Crippen molar-refractivity contribution in [2.75, 3.05) is 19.4 Å². The molecule has 0 bridgehead atoms. The number of carbonyl (C=O) groups excluding carboxylic acids is 1. The summed E-state index contributed by atoms with van der Waals surface area (Å²) in [4.78, 5) is 25.1. The number of unbranched alkanes of at least 4 members (excludes halogenated alkanes) is 1. The van der Waals surface area contributed by atoms with Gasteiger partial charge in [-0.05, 0) is 25.5 Å². The predicted molar refractivity (Wildman–Crippen MR) is 80.0 cm³/mol. The van der Waals surface area contributed by atoms with Gasteiger partial charge in [-0.15, -0.1) is 11.8 Å². The molecule has 1 N–H and O–H groups in total. The quantitative estimate of drug-likeness (QED) is 0.695. The fourth-order valence-corrected chi connectivity index (χ4v) is 3.51. The number of thioether (sulfide) groups is 1. The predicted octanol–water partition coefficient (Wildman–Crippen LogP) is 2.00. The maximum Gasteiger partial charge on any atom is 0.305 e. The molecule has 1 aliphatic heterocycles. The average Bonchev–Trinajstić information content (AvgIpc) is 2.80. The number of hydrogen-bond acceptors (Lipinski definition) is 4. The van der Waals surface area contributed by atoms with Crippen molar-refractivity contribution in [2.24, 2.45) is 0 Å². The number of ether oxygens (including phenoxy) is 1. The second kappa shape index (κ2) is 8.52. The van der Waals surface area contributed by atoms with Crippen molar-refractivity contribution in [3.8, 4) is 0 Å². The van der Waals surface area contributed by atoms with Crippen LogP contribution >= 0.6 is 11.8 Å². The van der Waals surface area contributed by atoms with E-state index >= 15 is 0 Å². The van der Waals surface area contributed by atoms with E-state index in [9.17, 15) is 9.59 Å². The Kier molecular flexibility index (Phi) is 7.37. The van der Waals surface area contributed by atoms with Crippen LogP contribution in [0, 0.1) is 0 Å². The molecule has 5 nitrogen and oxygen atoms in total. The molecule has 1 amide bonds. The Morgan fingerprint density at radius 1 is 1.50 bits per heavy atom. The lowest BCUT2D eigenvalue weighted by atomic mass is 10.1. The summed E-state index contributed by atoms with van der Waals surface area (Å²) >= 11 is 1.65. The number of rotatable bonds is 8. The van der Waals surface area contributed by atoms with Gasteiger partial charge in [0.1, 0.15) is 0 Å². The van der Waals surface area contributed by atoms with Crippen LogP contribution in [0.15, 0.2) is 0 Å². The molecule has 0 aromatic rings. The van der Waals surface area contributed by atoms with Gasteiger partial charge in [0.2, 0.25) is 5.91 Å². The van der Waals surface area contributed by atoms with Gasteiger partial charge in [0.25, 0.3) is 0 Å². The van der Waals surface area contributed by atoms with Gasteiger partial charge in [0, 0.05) is 19.7 Å². The molecule has 6 heteroatoms. The highest BCUT2D eigenvalue weighted by atomic mass is 32.2. The molecule has 0 spiro atoms. The first-order valence-electron chi connectivity index (χ1n) is 7.16. The van der Waals surface area contributed by atoms with Crippen molar-refractivity contribution in [1.82, 2.24) is 4.90 Å². The molecule has 0 radical (unpaired) electrons. The molecule has 0 aromatic carbocycles. The third-order valence-electron chi connectivity index (χ3n) is 3.62. The number of carboxylic acids is 1. The maximum absolute atomic E-state index is 12.4. The van der Waals surface area contributed by atoms with Crippen LogP contribution in [0.25, 0.3) is 0 Å². The van der Waals surface area contributed by atoms with Gasteiger partial charge in [-0.1, -0.05) is 13.3 Å². The van der Waals surface area contributed by atoms with Gasteiger partial charge in [0.05, 0.1) is 17.8 Å². The van der Waals surface area contributed by atoms with Crippen LogP contribution < -0.4 is 0 Å². The topological polar surface area (TPSA) is 66.8 Å². The van der Waals surface area contributed by atoms with Crippen LogP contribution in [0.5, 0.6) is 0 Å². The molecule has 1 heterocycles. The highest BCUT2D eigenvalue weighted by Gasteiger charge is 2.37. The van der Waals surface area contributed by atoms with Gasteiger partial charge in [-0.2, -0.15) is 0 Å². The molecule has 0 aliphatic carbocycles. The summed E-state index contributed by atoms with van der Waals surface area (Å²) in [5.74, 6) is 0.141. The monoisotopic (exact) mass is 303 g/mol. The van der Waals surface area contributed by atoms with Crippen LogP contribution in [-0.4, -0.2) is 58.7 Å². The van der Waals surface area contributed by atoms with Crippen LogP contribution in [0.1, 0.15) is 39.5 Å². The summed E-state index contributed by atoms with van der Waals surface area (Å²) in [6.45, 7) is 4.53. The summed E-state index contributed by atoms with van der Waals surface area (Å²) < 4.78 is 5.29. The minimum absolute atomic E-state index is 0.00204. The molecule has 0 saturated carbocycles. The lowest BCUT2D eigenvalue weighted by Crippen LogP contribution is -2.41. The van der Waals surface area contributed by atoms with Crippen LogP contribution in [0.2, 0.25) is 0 Å². The smallest absolute Gasteiger partial charge is 0.305 e. The molecular formula is C14H25NO4S. The van der Waals surface area contributed by atoms with E-state index in [-0.39, 0.29) is 29.7 Å². The molecular weight excluding hydrogens is 278 g/mol. The zero-order chi connectivity index (χ0) is 15.1. The minimum Gasteiger partial charge on any atom is -0.481 e. The molecule has 3 atom stereocenters. The molecule has 1 rings (SSSR count). The number of hydrogen-bond donors (Lipinski definition) is 1. The Bertz CT molecular complexity index is 337. The van der Waals surface area contributed by atoms with Gasteiger partial charge in [-0.3, -0.25) is 9.59 Å². The number of likely N-dealkylation sites (tertiary alicyclic amines) is 1. The van der Waals surface area contributed by atoms with Crippen LogP contribution in [-0.2, 0) is 14.3 Å². The van der Waals surface area contributed by atoms with Crippen molar-refractivity contribution in [2.45, 2.75) is 56.9 Å². The van der Waals surface area contributed by atoms with Gasteiger partial charge >= 0.3 is 5.97 Å². The van der Waals surface area contributed by atoms with E-state index in [1.54, 1.807) is 23.8 Å². The van der Waals surface area contributed by atoms with E-state index in [0.717, 1.165) is 18.6 Å². The van der Waals surface area contributed by atoms with E-state index < -0.39 is 5.97 Å². The molecule has 1 saturated heterocycles. The highest BCUT2D eigenvalue weighted by molar-refractivity contribution is 8.00. The number of methoxy groups -OCH3 is 1. The first-order valence-corrected chi connectivity index (χ1v) is 8.21. The first-order chi connectivity index (χ1) is 9.49. The third-order valence-corrected chi connectivity index (χ3v) is 4.84. The maximum atomic E-state index is 12.4. The van der Waals surface area contributed by atoms with Crippen molar-refractivity contribution in [3.63, 3.8) is 0 Å². The minimum atomic E-state index is -0.865. The van der Waals surface area contributed by atoms with Crippen molar-refractivity contribution < 1.29 is 19.4 Å². The number of carbonyl (C=O) groups is 2. The molecule has 3 unspecified atom stereocenters. The number of amides is 1. The zero-order valence-electron chi connectivity index (χ0n) is 12.5. The summed E-state index contributed by atoms with van der Waals surface area (Å²) in [6.07, 6.45) is 2.78. The van der Waals surface area contributed by atoms with Crippen LogP contribution in [0.3, 0.4) is 0 Å². The number of aliphatic carboxylic acids is 1. The highest BCUT2D eigenvalue weighted by Crippen LogP contribution is 2.26. The van der Waals surface area contributed by atoms with Crippen molar-refractivity contribution >= 4 is 23.6 Å². The zero-order valence-corrected chi connectivity index (χ0v) is 13.3. The summed E-state index contributed by atoms with van der Waals surface area (Å²) in [5, 5.41) is 8.84. The second-order valence-corrected chi connectivity index (χ2v) is 6.65. The number of carboxylic acid groups (broad SMARTS) is 1. The standard InChI is InChI=1S/C14H25NO4S/c1-4-5-6-20-10(2)14(18)15-9-12(19-3)7-11(15)8-13(16)17/h10-12H,4-9H2,1-3H3,(H,16,17). The molecule has 116 valence electrons. The first kappa shape index (κ1) is 17.3. The summed E-state index contributed by atoms with van der Waals surface area (Å²) in [6, 6.07) is -0.237. The Morgan fingerprint density at radius 3 is 2.75 bits per heavy atom. The van der Waals surface area contributed by atoms with Gasteiger partial charge in [-0.25, -0.2) is 0 Å². The average molecular weight is 303 g/mol. The third kappa shape index (κ3) is 4.98. The van der Waals surface area contributed by atoms with Crippen molar-refractivity contribution in [3.05, 3.63) is 0 Å². The Balaban J connectivity index is 2.60. The largest absolute Gasteiger partial charge is 0.481 e. The van der Waals surface area contributed by atoms with E-state index in [1.165, 1.54) is 0 Å². The van der Waals surface area contributed by atoms with Gasteiger partial charge in [0.15, 0.2) is 0 Å². The summed E-state index contributed by atoms with van der Waals surface area (Å²) in [5.41, 5.74) is 0. The lowest BCUT2D eigenvalue weighted by Gasteiger charge is -2.26. The Hall–Kier alpha value is -0.750. The van der Waals surface area contributed by atoms with Gasteiger partial charge < -0.3 is 14.7 Å². The lowest BCUT2D eigenvalue weighted by molar-refractivity contribution is -0.139. The van der Waals surface area contributed by atoms with Crippen LogP contribution in [0.4, 0.5) is 0 Å². The SMILES string of the molecule is CCCCSC(C)C(=O)N1CC(OC)CC1CC(=O)O. The fourth-order valence-electron chi connectivity index (χ4n) is 2.42. The molecule has 0 aromatic heterocycles. The number of nitrogens with zero attached hydrogens (tertiary/aromatic N) is 1. The second-order valence-electron chi connectivity index (χ2n) is 5.20. The fraction of sp³-hybridized carbons (Fsp3) is 0.857. The molecule has 20 heavy (non-hydrogen) atoms. The van der Waals surface area contributed by atoms with E-state index in [0.29, 0.717) is 13.0 Å². The Labute approximate surface area is 125 Å². The van der Waals surface area contributed by atoms with E-state index in [4.69, 9.17) is 9.84 Å². The normalized spacial score (nSPS) is 23.9. The van der Waals surface area contributed by atoms with E-state index in [1.807, 2.05) is 6.92 Å². The molecule has 1 aliphatic rings.